The summed E-state index contributed by atoms with van der Waals surface area (Å²) in [6.45, 7) is 1.69. The molecule has 110 valence electrons. The molecule has 0 unspecified atom stereocenters. The van der Waals surface area contributed by atoms with Gasteiger partial charge >= 0.3 is 0 Å². The maximum Gasteiger partial charge on any atom is 0.252 e. The largest absolute Gasteiger partial charge is 0.381 e. The first kappa shape index (κ1) is 14.0. The van der Waals surface area contributed by atoms with E-state index in [1.165, 1.54) is 0 Å². The molecule has 3 rings (SSSR count). The average Bonchev–Trinajstić information content (AvgIpc) is 2.55. The molecular formula is C16H19N3O2. The highest BCUT2D eigenvalue weighted by atomic mass is 16.5. The van der Waals surface area contributed by atoms with Crippen LogP contribution in [-0.2, 0) is 4.74 Å². The van der Waals surface area contributed by atoms with E-state index in [9.17, 15) is 4.79 Å². The third kappa shape index (κ3) is 2.75. The van der Waals surface area contributed by atoms with Gasteiger partial charge in [-0.2, -0.15) is 0 Å². The Balaban J connectivity index is 1.90. The number of rotatable bonds is 3. The molecule has 2 heterocycles. The van der Waals surface area contributed by atoms with Gasteiger partial charge in [-0.1, -0.05) is 18.2 Å². The molecule has 0 aliphatic carbocycles. The highest BCUT2D eigenvalue weighted by Crippen LogP contribution is 2.22. The first-order valence-corrected chi connectivity index (χ1v) is 7.18. The van der Waals surface area contributed by atoms with Gasteiger partial charge in [0.1, 0.15) is 0 Å². The summed E-state index contributed by atoms with van der Waals surface area (Å²) in [5, 5.41) is 3.98. The van der Waals surface area contributed by atoms with Crippen molar-refractivity contribution in [2.45, 2.75) is 18.4 Å². The lowest BCUT2D eigenvalue weighted by atomic mass is 9.89. The van der Waals surface area contributed by atoms with E-state index in [0.717, 1.165) is 23.7 Å². The number of fused-ring (bicyclic) bond motifs is 1. The van der Waals surface area contributed by atoms with Gasteiger partial charge in [0, 0.05) is 31.3 Å². The van der Waals surface area contributed by atoms with Crippen LogP contribution < -0.4 is 11.1 Å². The van der Waals surface area contributed by atoms with Crippen LogP contribution in [0.15, 0.2) is 36.5 Å². The Kier molecular flexibility index (Phi) is 3.86. The van der Waals surface area contributed by atoms with Gasteiger partial charge in [0.25, 0.3) is 5.91 Å². The minimum absolute atomic E-state index is 0.0963. The van der Waals surface area contributed by atoms with Crippen molar-refractivity contribution < 1.29 is 9.53 Å². The molecule has 1 amide bonds. The highest BCUT2D eigenvalue weighted by molar-refractivity contribution is 6.06. The maximum atomic E-state index is 12.7. The number of amides is 1. The van der Waals surface area contributed by atoms with Crippen molar-refractivity contribution in [3.05, 3.63) is 42.1 Å². The molecule has 0 bridgehead atoms. The second-order valence-electron chi connectivity index (χ2n) is 5.43. The fraction of sp³-hybridized carbons (Fsp3) is 0.375. The van der Waals surface area contributed by atoms with Crippen LogP contribution in [0.2, 0.25) is 0 Å². The Hall–Kier alpha value is -1.98. The molecule has 0 radical (unpaired) electrons. The lowest BCUT2D eigenvalue weighted by molar-refractivity contribution is 0.0389. The molecule has 1 aromatic carbocycles. The minimum atomic E-state index is -0.361. The molecule has 1 fully saturated rings. The van der Waals surface area contributed by atoms with Gasteiger partial charge in [-0.15, -0.1) is 0 Å². The molecular weight excluding hydrogens is 266 g/mol. The first-order chi connectivity index (χ1) is 10.2. The van der Waals surface area contributed by atoms with Gasteiger partial charge in [-0.3, -0.25) is 9.78 Å². The van der Waals surface area contributed by atoms with E-state index in [-0.39, 0.29) is 11.4 Å². The Morgan fingerprint density at radius 3 is 2.81 bits per heavy atom. The molecule has 3 N–H and O–H groups in total. The fourth-order valence-corrected chi connectivity index (χ4v) is 2.74. The van der Waals surface area contributed by atoms with Crippen molar-refractivity contribution in [3.63, 3.8) is 0 Å². The standard InChI is InChI=1S/C16H19N3O2/c17-11-16(6-9-21-10-7-16)19-15(20)13-5-8-18-14-4-2-1-3-12(13)14/h1-5,8H,6-7,9-11,17H2,(H,19,20). The SMILES string of the molecule is NCC1(NC(=O)c2ccnc3ccccc23)CCOCC1. The fourth-order valence-electron chi connectivity index (χ4n) is 2.74. The maximum absolute atomic E-state index is 12.7. The van der Waals surface area contributed by atoms with E-state index in [2.05, 4.69) is 10.3 Å². The number of nitrogens with one attached hydrogen (secondary N) is 1. The van der Waals surface area contributed by atoms with Crippen LogP contribution in [0.4, 0.5) is 0 Å². The van der Waals surface area contributed by atoms with Crippen molar-refractivity contribution in [2.24, 2.45) is 5.73 Å². The van der Waals surface area contributed by atoms with Gasteiger partial charge in [-0.25, -0.2) is 0 Å². The van der Waals surface area contributed by atoms with E-state index >= 15 is 0 Å². The van der Waals surface area contributed by atoms with E-state index < -0.39 is 0 Å². The average molecular weight is 285 g/mol. The molecule has 1 aliphatic rings. The predicted octanol–water partition coefficient (Wildman–Crippen LogP) is 1.47. The molecule has 0 atom stereocenters. The number of benzene rings is 1. The summed E-state index contributed by atoms with van der Waals surface area (Å²) in [5.74, 6) is -0.0963. The Morgan fingerprint density at radius 1 is 1.29 bits per heavy atom. The van der Waals surface area contributed by atoms with E-state index in [0.29, 0.717) is 25.3 Å². The Bertz CT molecular complexity index is 646. The number of aromatic nitrogens is 1. The van der Waals surface area contributed by atoms with E-state index in [4.69, 9.17) is 10.5 Å². The van der Waals surface area contributed by atoms with Crippen molar-refractivity contribution in [1.29, 1.82) is 0 Å². The zero-order valence-corrected chi connectivity index (χ0v) is 11.8. The molecule has 21 heavy (non-hydrogen) atoms. The summed E-state index contributed by atoms with van der Waals surface area (Å²) < 4.78 is 5.37. The smallest absolute Gasteiger partial charge is 0.252 e. The van der Waals surface area contributed by atoms with Crippen LogP contribution in [0.5, 0.6) is 0 Å². The number of nitrogens with two attached hydrogens (primary N) is 1. The van der Waals surface area contributed by atoms with Gasteiger partial charge < -0.3 is 15.8 Å². The minimum Gasteiger partial charge on any atom is -0.381 e. The number of ether oxygens (including phenoxy) is 1. The second-order valence-corrected chi connectivity index (χ2v) is 5.43. The topological polar surface area (TPSA) is 77.2 Å². The first-order valence-electron chi connectivity index (χ1n) is 7.18. The third-order valence-corrected chi connectivity index (χ3v) is 4.11. The second kappa shape index (κ2) is 5.79. The van der Waals surface area contributed by atoms with Crippen LogP contribution in [0.25, 0.3) is 10.9 Å². The monoisotopic (exact) mass is 285 g/mol. The van der Waals surface area contributed by atoms with Crippen molar-refractivity contribution in [2.75, 3.05) is 19.8 Å². The summed E-state index contributed by atoms with van der Waals surface area (Å²) in [7, 11) is 0. The number of hydrogen-bond acceptors (Lipinski definition) is 4. The van der Waals surface area contributed by atoms with Gasteiger partial charge in [0.05, 0.1) is 16.6 Å². The van der Waals surface area contributed by atoms with Crippen molar-refractivity contribution in [1.82, 2.24) is 10.3 Å². The number of pyridine rings is 1. The Labute approximate surface area is 123 Å². The summed E-state index contributed by atoms with van der Waals surface area (Å²) in [5.41, 5.74) is 6.99. The molecule has 1 aliphatic heterocycles. The number of para-hydroxylation sites is 1. The van der Waals surface area contributed by atoms with Gasteiger partial charge in [0.2, 0.25) is 0 Å². The molecule has 0 saturated carbocycles. The van der Waals surface area contributed by atoms with Gasteiger partial charge in [-0.05, 0) is 25.0 Å². The molecule has 2 aromatic rings. The highest BCUT2D eigenvalue weighted by Gasteiger charge is 2.33. The zero-order valence-electron chi connectivity index (χ0n) is 11.8. The third-order valence-electron chi connectivity index (χ3n) is 4.11. The molecule has 5 heteroatoms. The molecule has 5 nitrogen and oxygen atoms in total. The Morgan fingerprint density at radius 2 is 2.05 bits per heavy atom. The lowest BCUT2D eigenvalue weighted by Gasteiger charge is -2.37. The van der Waals surface area contributed by atoms with Crippen LogP contribution in [0.3, 0.4) is 0 Å². The number of carbonyl (C=O) groups is 1. The predicted molar refractivity (Wildman–Crippen MR) is 81.0 cm³/mol. The van der Waals surface area contributed by atoms with E-state index in [1.807, 2.05) is 24.3 Å². The van der Waals surface area contributed by atoms with Crippen LogP contribution in [0.1, 0.15) is 23.2 Å². The van der Waals surface area contributed by atoms with Crippen molar-refractivity contribution >= 4 is 16.8 Å². The summed E-state index contributed by atoms with van der Waals surface area (Å²) in [4.78, 5) is 16.9. The van der Waals surface area contributed by atoms with Crippen molar-refractivity contribution in [3.8, 4) is 0 Å². The lowest BCUT2D eigenvalue weighted by Crippen LogP contribution is -2.56. The quantitative estimate of drug-likeness (QED) is 0.895. The normalized spacial score (nSPS) is 17.6. The molecule has 1 saturated heterocycles. The number of nitrogens with zero attached hydrogens (tertiary/aromatic N) is 1. The van der Waals surface area contributed by atoms with Gasteiger partial charge in [0.15, 0.2) is 0 Å². The summed E-state index contributed by atoms with van der Waals surface area (Å²) in [6, 6.07) is 9.39. The van der Waals surface area contributed by atoms with Crippen LogP contribution in [0, 0.1) is 0 Å². The molecule has 1 aromatic heterocycles. The van der Waals surface area contributed by atoms with Crippen LogP contribution >= 0.6 is 0 Å². The summed E-state index contributed by atoms with van der Waals surface area (Å²) in [6.07, 6.45) is 3.16. The number of hydrogen-bond donors (Lipinski definition) is 2. The van der Waals surface area contributed by atoms with Crippen LogP contribution in [-0.4, -0.2) is 36.2 Å². The van der Waals surface area contributed by atoms with E-state index in [1.54, 1.807) is 12.3 Å². The summed E-state index contributed by atoms with van der Waals surface area (Å²) >= 11 is 0. The number of carbonyl (C=O) groups excluding carboxylic acids is 1. The zero-order chi connectivity index (χ0) is 14.7. The molecule has 0 spiro atoms.